The van der Waals surface area contributed by atoms with Gasteiger partial charge < -0.3 is 14.6 Å². The molecule has 0 saturated heterocycles. The highest BCUT2D eigenvalue weighted by molar-refractivity contribution is 7.22. The molecule has 0 aliphatic heterocycles. The molecular weight excluding hydrogens is 344 g/mol. The number of nitrogens with one attached hydrogen (secondary N) is 1. The summed E-state index contributed by atoms with van der Waals surface area (Å²) in [5, 5.41) is 12.3. The molecule has 1 aromatic heterocycles. The molecule has 1 amide bonds. The van der Waals surface area contributed by atoms with E-state index >= 15 is 0 Å². The smallest absolute Gasteiger partial charge is 0.338 e. The van der Waals surface area contributed by atoms with Gasteiger partial charge in [-0.2, -0.15) is 0 Å². The van der Waals surface area contributed by atoms with E-state index < -0.39 is 18.5 Å². The van der Waals surface area contributed by atoms with Gasteiger partial charge in [0.25, 0.3) is 5.91 Å². The van der Waals surface area contributed by atoms with Crippen LogP contribution in [0.1, 0.15) is 10.4 Å². The molecule has 2 aromatic carbocycles. The fourth-order valence-electron chi connectivity index (χ4n) is 2.09. The van der Waals surface area contributed by atoms with Gasteiger partial charge in [-0.25, -0.2) is 9.78 Å². The molecule has 0 saturated carbocycles. The van der Waals surface area contributed by atoms with E-state index in [1.165, 1.54) is 35.6 Å². The zero-order valence-electron chi connectivity index (χ0n) is 13.2. The molecule has 1 heterocycles. The van der Waals surface area contributed by atoms with E-state index in [1.54, 1.807) is 19.2 Å². The Morgan fingerprint density at radius 3 is 2.84 bits per heavy atom. The first kappa shape index (κ1) is 16.7. The van der Waals surface area contributed by atoms with E-state index in [-0.39, 0.29) is 11.3 Å². The lowest BCUT2D eigenvalue weighted by atomic mass is 10.2. The third-order valence-electron chi connectivity index (χ3n) is 3.26. The quantitative estimate of drug-likeness (QED) is 0.681. The van der Waals surface area contributed by atoms with Crippen LogP contribution in [0.15, 0.2) is 42.5 Å². The number of hydrogen-bond acceptors (Lipinski definition) is 7. The van der Waals surface area contributed by atoms with Crippen LogP contribution < -0.4 is 10.1 Å². The first-order valence-corrected chi connectivity index (χ1v) is 8.07. The number of carbonyl (C=O) groups excluding carboxylic acids is 2. The van der Waals surface area contributed by atoms with Crippen LogP contribution >= 0.6 is 11.3 Å². The minimum absolute atomic E-state index is 0.0520. The molecule has 2 N–H and O–H groups in total. The summed E-state index contributed by atoms with van der Waals surface area (Å²) in [6, 6.07) is 11.1. The van der Waals surface area contributed by atoms with Crippen molar-refractivity contribution in [1.29, 1.82) is 0 Å². The number of aromatic nitrogens is 1. The molecule has 0 radical (unpaired) electrons. The van der Waals surface area contributed by atoms with Gasteiger partial charge in [0, 0.05) is 0 Å². The number of benzene rings is 2. The summed E-state index contributed by atoms with van der Waals surface area (Å²) < 4.78 is 10.9. The number of aromatic hydroxyl groups is 1. The minimum atomic E-state index is -0.694. The third kappa shape index (κ3) is 4.04. The van der Waals surface area contributed by atoms with E-state index in [9.17, 15) is 14.7 Å². The van der Waals surface area contributed by atoms with Gasteiger partial charge in [-0.15, -0.1) is 0 Å². The summed E-state index contributed by atoms with van der Waals surface area (Å²) >= 11 is 1.29. The van der Waals surface area contributed by atoms with Crippen molar-refractivity contribution in [2.75, 3.05) is 19.0 Å². The maximum atomic E-state index is 11.9. The number of rotatable bonds is 5. The van der Waals surface area contributed by atoms with Gasteiger partial charge in [0.05, 0.1) is 22.9 Å². The Balaban J connectivity index is 1.60. The molecule has 3 rings (SSSR count). The van der Waals surface area contributed by atoms with Crippen LogP contribution in [0.4, 0.5) is 5.13 Å². The van der Waals surface area contributed by atoms with Crippen molar-refractivity contribution in [1.82, 2.24) is 4.98 Å². The van der Waals surface area contributed by atoms with Gasteiger partial charge in [-0.3, -0.25) is 10.1 Å². The van der Waals surface area contributed by atoms with Crippen LogP contribution in [0, 0.1) is 0 Å². The Labute approximate surface area is 146 Å². The van der Waals surface area contributed by atoms with E-state index in [2.05, 4.69) is 10.3 Å². The van der Waals surface area contributed by atoms with Gasteiger partial charge in [0.1, 0.15) is 11.5 Å². The highest BCUT2D eigenvalue weighted by Crippen LogP contribution is 2.29. The number of thiazole rings is 1. The SMILES string of the molecule is COc1ccc2nc(NC(=O)COC(=O)c3cccc(O)c3)sc2c1. The Kier molecular flexibility index (Phi) is 4.80. The highest BCUT2D eigenvalue weighted by Gasteiger charge is 2.13. The van der Waals surface area contributed by atoms with Crippen molar-refractivity contribution in [3.05, 3.63) is 48.0 Å². The molecule has 0 aliphatic rings. The van der Waals surface area contributed by atoms with Gasteiger partial charge >= 0.3 is 5.97 Å². The Morgan fingerprint density at radius 1 is 1.24 bits per heavy atom. The zero-order valence-corrected chi connectivity index (χ0v) is 14.0. The van der Waals surface area contributed by atoms with Crippen molar-refractivity contribution < 1.29 is 24.2 Å². The predicted molar refractivity (Wildman–Crippen MR) is 93.2 cm³/mol. The fourth-order valence-corrected chi connectivity index (χ4v) is 3.00. The number of amides is 1. The average Bonchev–Trinajstić information content (AvgIpc) is 3.00. The van der Waals surface area contributed by atoms with Gasteiger partial charge in [0.2, 0.25) is 0 Å². The van der Waals surface area contributed by atoms with Crippen LogP contribution in [-0.2, 0) is 9.53 Å². The normalized spacial score (nSPS) is 10.4. The lowest BCUT2D eigenvalue weighted by Crippen LogP contribution is -2.20. The van der Waals surface area contributed by atoms with Gasteiger partial charge in [-0.1, -0.05) is 17.4 Å². The number of carbonyl (C=O) groups is 2. The molecule has 0 aliphatic carbocycles. The number of ether oxygens (including phenoxy) is 2. The average molecular weight is 358 g/mol. The van der Waals surface area contributed by atoms with Crippen molar-refractivity contribution in [2.45, 2.75) is 0 Å². The Hall–Kier alpha value is -3.13. The summed E-state index contributed by atoms with van der Waals surface area (Å²) in [4.78, 5) is 28.0. The maximum Gasteiger partial charge on any atom is 0.338 e. The molecule has 128 valence electrons. The Morgan fingerprint density at radius 2 is 2.08 bits per heavy atom. The molecule has 7 nitrogen and oxygen atoms in total. The maximum absolute atomic E-state index is 11.9. The monoisotopic (exact) mass is 358 g/mol. The second kappa shape index (κ2) is 7.18. The number of methoxy groups -OCH3 is 1. The first-order chi connectivity index (χ1) is 12.0. The molecule has 0 bridgehead atoms. The van der Waals surface area contributed by atoms with Crippen molar-refractivity contribution in [3.63, 3.8) is 0 Å². The lowest BCUT2D eigenvalue weighted by molar-refractivity contribution is -0.119. The molecule has 0 atom stereocenters. The zero-order chi connectivity index (χ0) is 17.8. The van der Waals surface area contributed by atoms with Crippen LogP contribution in [-0.4, -0.2) is 35.7 Å². The second-order valence-corrected chi connectivity index (χ2v) is 6.06. The highest BCUT2D eigenvalue weighted by atomic mass is 32.1. The van der Waals surface area contributed by atoms with E-state index in [4.69, 9.17) is 9.47 Å². The summed E-state index contributed by atoms with van der Waals surface area (Å²) in [6.07, 6.45) is 0. The number of esters is 1. The summed E-state index contributed by atoms with van der Waals surface area (Å²) in [5.41, 5.74) is 0.901. The number of hydrogen-bond donors (Lipinski definition) is 2. The van der Waals surface area contributed by atoms with Crippen molar-refractivity contribution >= 4 is 38.6 Å². The fraction of sp³-hybridized carbons (Fsp3) is 0.118. The number of nitrogens with zero attached hydrogens (tertiary/aromatic N) is 1. The molecule has 0 fully saturated rings. The number of phenols is 1. The predicted octanol–water partition coefficient (Wildman–Crippen LogP) is 2.81. The summed E-state index contributed by atoms with van der Waals surface area (Å²) in [6.45, 7) is -0.451. The van der Waals surface area contributed by atoms with Crippen LogP contribution in [0.5, 0.6) is 11.5 Å². The minimum Gasteiger partial charge on any atom is -0.508 e. The van der Waals surface area contributed by atoms with Crippen LogP contribution in [0.2, 0.25) is 0 Å². The number of anilines is 1. The summed E-state index contributed by atoms with van der Waals surface area (Å²) in [5.74, 6) is -0.544. The first-order valence-electron chi connectivity index (χ1n) is 7.26. The lowest BCUT2D eigenvalue weighted by Gasteiger charge is -2.04. The largest absolute Gasteiger partial charge is 0.508 e. The van der Waals surface area contributed by atoms with E-state index in [1.807, 2.05) is 6.07 Å². The number of phenolic OH excluding ortho intramolecular Hbond substituents is 1. The molecule has 25 heavy (non-hydrogen) atoms. The van der Waals surface area contributed by atoms with E-state index in [0.29, 0.717) is 10.9 Å². The van der Waals surface area contributed by atoms with Crippen LogP contribution in [0.25, 0.3) is 10.2 Å². The molecular formula is C17H14N2O5S. The van der Waals surface area contributed by atoms with Crippen LogP contribution in [0.3, 0.4) is 0 Å². The number of fused-ring (bicyclic) bond motifs is 1. The van der Waals surface area contributed by atoms with E-state index in [0.717, 1.165) is 10.2 Å². The van der Waals surface area contributed by atoms with Gasteiger partial charge in [0.15, 0.2) is 11.7 Å². The topological polar surface area (TPSA) is 97.8 Å². The second-order valence-electron chi connectivity index (χ2n) is 5.03. The Bertz CT molecular complexity index is 938. The molecule has 8 heteroatoms. The standard InChI is InChI=1S/C17H14N2O5S/c1-23-12-5-6-13-14(8-12)25-17(18-13)19-15(21)9-24-16(22)10-3-2-4-11(20)7-10/h2-8,20H,9H2,1H3,(H,18,19,21). The van der Waals surface area contributed by atoms with Gasteiger partial charge in [-0.05, 0) is 36.4 Å². The molecule has 0 spiro atoms. The van der Waals surface area contributed by atoms with Crippen molar-refractivity contribution in [3.8, 4) is 11.5 Å². The molecule has 0 unspecified atom stereocenters. The molecule has 3 aromatic rings. The summed E-state index contributed by atoms with van der Waals surface area (Å²) in [7, 11) is 1.58. The third-order valence-corrected chi connectivity index (χ3v) is 4.19. The van der Waals surface area contributed by atoms with Crippen molar-refractivity contribution in [2.24, 2.45) is 0 Å².